The van der Waals surface area contributed by atoms with E-state index < -0.39 is 17.7 Å². The molecule has 0 saturated carbocycles. The molecule has 4 amide bonds. The van der Waals surface area contributed by atoms with E-state index in [1.165, 1.54) is 10.5 Å². The van der Waals surface area contributed by atoms with Gasteiger partial charge >= 0.3 is 12.1 Å². The summed E-state index contributed by atoms with van der Waals surface area (Å²) >= 11 is 0. The molecule has 2 aromatic rings. The number of carbonyl (C=O) groups is 3. The number of carbonyl (C=O) groups excluding carboxylic acids is 3. The summed E-state index contributed by atoms with van der Waals surface area (Å²) in [7, 11) is 1.61. The molecular formula is C29H37N5O4. The Bertz CT molecular complexity index is 1190. The zero-order valence-corrected chi connectivity index (χ0v) is 22.8. The Hall–Kier alpha value is -4.06. The Morgan fingerprint density at radius 3 is 2.37 bits per heavy atom. The lowest BCUT2D eigenvalue weighted by atomic mass is 9.89. The van der Waals surface area contributed by atoms with Crippen LogP contribution in [0.2, 0.25) is 0 Å². The third-order valence-corrected chi connectivity index (χ3v) is 6.46. The number of aryl methyl sites for hydroxylation is 1. The molecule has 0 aromatic heterocycles. The first-order valence-electron chi connectivity index (χ1n) is 12.9. The maximum absolute atomic E-state index is 13.2. The maximum Gasteiger partial charge on any atom is 0.410 e. The lowest BCUT2D eigenvalue weighted by molar-refractivity contribution is 0.0301. The van der Waals surface area contributed by atoms with Gasteiger partial charge < -0.3 is 25.2 Å². The third kappa shape index (κ3) is 7.97. The van der Waals surface area contributed by atoms with Crippen molar-refractivity contribution in [2.24, 2.45) is 0 Å². The topological polar surface area (TPSA) is 115 Å². The molecule has 0 bridgehead atoms. The van der Waals surface area contributed by atoms with Crippen LogP contribution in [0.3, 0.4) is 0 Å². The van der Waals surface area contributed by atoms with Gasteiger partial charge in [-0.15, -0.1) is 0 Å². The summed E-state index contributed by atoms with van der Waals surface area (Å²) in [6, 6.07) is 14.7. The number of anilines is 1. The number of nitrogens with one attached hydrogen (secondary N) is 2. The van der Waals surface area contributed by atoms with Gasteiger partial charge in [0.05, 0.1) is 11.6 Å². The second kappa shape index (κ2) is 12.5. The van der Waals surface area contributed by atoms with Gasteiger partial charge in [-0.05, 0) is 81.8 Å². The molecule has 0 unspecified atom stereocenters. The van der Waals surface area contributed by atoms with Crippen LogP contribution in [0, 0.1) is 18.3 Å². The molecule has 0 atom stereocenters. The van der Waals surface area contributed by atoms with Gasteiger partial charge in [-0.2, -0.15) is 5.26 Å². The number of nitrogens with zero attached hydrogens (tertiary/aromatic N) is 3. The molecule has 2 N–H and O–H groups in total. The van der Waals surface area contributed by atoms with Crippen LogP contribution in [0.25, 0.3) is 0 Å². The van der Waals surface area contributed by atoms with E-state index in [9.17, 15) is 14.4 Å². The van der Waals surface area contributed by atoms with Crippen molar-refractivity contribution >= 4 is 23.7 Å². The Labute approximate surface area is 224 Å². The van der Waals surface area contributed by atoms with E-state index in [-0.39, 0.29) is 19.0 Å². The van der Waals surface area contributed by atoms with Crippen LogP contribution in [0.1, 0.15) is 66.6 Å². The van der Waals surface area contributed by atoms with Gasteiger partial charge in [0.15, 0.2) is 0 Å². The van der Waals surface area contributed by atoms with Gasteiger partial charge in [0, 0.05) is 44.5 Å². The summed E-state index contributed by atoms with van der Waals surface area (Å²) in [5.41, 5.74) is 3.17. The summed E-state index contributed by atoms with van der Waals surface area (Å²) in [6.07, 6.45) is 1.26. The molecule has 1 aliphatic heterocycles. The summed E-state index contributed by atoms with van der Waals surface area (Å²) < 4.78 is 5.30. The van der Waals surface area contributed by atoms with Gasteiger partial charge in [-0.3, -0.25) is 4.79 Å². The van der Waals surface area contributed by atoms with Crippen LogP contribution < -0.4 is 10.6 Å². The number of urea groups is 1. The van der Waals surface area contributed by atoms with Crippen molar-refractivity contribution < 1.29 is 19.1 Å². The molecule has 1 heterocycles. The van der Waals surface area contributed by atoms with Crippen molar-refractivity contribution in [1.29, 1.82) is 5.26 Å². The fraction of sp³-hybridized carbons (Fsp3) is 0.448. The Balaban J connectivity index is 1.51. The number of benzene rings is 2. The number of likely N-dealkylation sites (N-methyl/N-ethyl adjacent to an activating group) is 1. The number of nitriles is 1. The van der Waals surface area contributed by atoms with Crippen molar-refractivity contribution in [2.45, 2.75) is 52.1 Å². The molecule has 0 radical (unpaired) electrons. The van der Waals surface area contributed by atoms with Crippen LogP contribution in [-0.4, -0.2) is 66.7 Å². The van der Waals surface area contributed by atoms with Gasteiger partial charge in [0.1, 0.15) is 5.60 Å². The molecule has 1 fully saturated rings. The SMILES string of the molecule is Cc1ccc(C(=O)N2CCC(c3ccc(C#N)cc3)CC2)cc1NC(=O)NCCN(C)C(=O)OC(C)(C)C. The average molecular weight is 520 g/mol. The van der Waals surface area contributed by atoms with E-state index in [1.54, 1.807) is 40.0 Å². The molecule has 2 aromatic carbocycles. The van der Waals surface area contributed by atoms with E-state index >= 15 is 0 Å². The Morgan fingerprint density at radius 2 is 1.76 bits per heavy atom. The summed E-state index contributed by atoms with van der Waals surface area (Å²) in [5, 5.41) is 14.5. The van der Waals surface area contributed by atoms with Crippen LogP contribution in [0.15, 0.2) is 42.5 Å². The zero-order valence-electron chi connectivity index (χ0n) is 22.8. The minimum Gasteiger partial charge on any atom is -0.444 e. The highest BCUT2D eigenvalue weighted by atomic mass is 16.6. The number of amides is 4. The standard InChI is InChI=1S/C29H37N5O4/c1-20-6-9-24(18-25(20)32-27(36)31-14-17-33(5)28(37)38-29(2,3)4)26(35)34-15-12-23(13-16-34)22-10-7-21(19-30)8-11-22/h6-11,18,23H,12-17H2,1-5H3,(H2,31,32,36). The molecule has 9 heteroatoms. The maximum atomic E-state index is 13.2. The number of ether oxygens (including phenoxy) is 1. The number of likely N-dealkylation sites (tertiary alicyclic amines) is 1. The van der Waals surface area contributed by atoms with Crippen LogP contribution >= 0.6 is 0 Å². The van der Waals surface area contributed by atoms with Crippen LogP contribution in [0.4, 0.5) is 15.3 Å². The highest BCUT2D eigenvalue weighted by molar-refractivity contribution is 5.97. The molecule has 9 nitrogen and oxygen atoms in total. The highest BCUT2D eigenvalue weighted by Gasteiger charge is 2.25. The van der Waals surface area contributed by atoms with E-state index in [1.807, 2.05) is 42.2 Å². The molecule has 38 heavy (non-hydrogen) atoms. The van der Waals surface area contributed by atoms with E-state index in [0.29, 0.717) is 35.8 Å². The molecule has 0 spiro atoms. The second-order valence-corrected chi connectivity index (χ2v) is 10.6. The number of hydrogen-bond acceptors (Lipinski definition) is 5. The van der Waals surface area contributed by atoms with Crippen molar-refractivity contribution in [1.82, 2.24) is 15.1 Å². The average Bonchev–Trinajstić information content (AvgIpc) is 2.88. The zero-order chi connectivity index (χ0) is 27.9. The predicted octanol–water partition coefficient (Wildman–Crippen LogP) is 4.87. The van der Waals surface area contributed by atoms with Gasteiger partial charge in [-0.25, -0.2) is 9.59 Å². The van der Waals surface area contributed by atoms with Crippen molar-refractivity contribution in [3.05, 3.63) is 64.7 Å². The molecule has 1 aliphatic rings. The predicted molar refractivity (Wildman–Crippen MR) is 146 cm³/mol. The van der Waals surface area contributed by atoms with Crippen molar-refractivity contribution in [3.8, 4) is 6.07 Å². The molecule has 202 valence electrons. The number of piperidine rings is 1. The van der Waals surface area contributed by atoms with Crippen LogP contribution in [-0.2, 0) is 4.74 Å². The quantitative estimate of drug-likeness (QED) is 0.565. The molecule has 0 aliphatic carbocycles. The minimum absolute atomic E-state index is 0.0641. The Morgan fingerprint density at radius 1 is 1.11 bits per heavy atom. The summed E-state index contributed by atoms with van der Waals surface area (Å²) in [6.45, 7) is 9.08. The normalized spacial score (nSPS) is 13.8. The highest BCUT2D eigenvalue weighted by Crippen LogP contribution is 2.29. The lowest BCUT2D eigenvalue weighted by Gasteiger charge is -2.32. The molecule has 3 rings (SSSR count). The lowest BCUT2D eigenvalue weighted by Crippen LogP contribution is -2.40. The van der Waals surface area contributed by atoms with E-state index in [4.69, 9.17) is 10.00 Å². The fourth-order valence-corrected chi connectivity index (χ4v) is 4.25. The largest absolute Gasteiger partial charge is 0.444 e. The number of rotatable bonds is 6. The minimum atomic E-state index is -0.586. The molecule has 1 saturated heterocycles. The summed E-state index contributed by atoms with van der Waals surface area (Å²) in [5.74, 6) is 0.297. The second-order valence-electron chi connectivity index (χ2n) is 10.6. The van der Waals surface area contributed by atoms with Crippen molar-refractivity contribution in [2.75, 3.05) is 38.5 Å². The fourth-order valence-electron chi connectivity index (χ4n) is 4.25. The van der Waals surface area contributed by atoms with E-state index in [2.05, 4.69) is 16.7 Å². The van der Waals surface area contributed by atoms with Gasteiger partial charge in [0.2, 0.25) is 0 Å². The first-order valence-corrected chi connectivity index (χ1v) is 12.9. The van der Waals surface area contributed by atoms with E-state index in [0.717, 1.165) is 18.4 Å². The third-order valence-electron chi connectivity index (χ3n) is 6.46. The number of hydrogen-bond donors (Lipinski definition) is 2. The van der Waals surface area contributed by atoms with Gasteiger partial charge in [0.25, 0.3) is 5.91 Å². The smallest absolute Gasteiger partial charge is 0.410 e. The summed E-state index contributed by atoms with van der Waals surface area (Å²) in [4.78, 5) is 41.0. The Kier molecular flexibility index (Phi) is 9.35. The first kappa shape index (κ1) is 28.5. The van der Waals surface area contributed by atoms with Crippen molar-refractivity contribution in [3.63, 3.8) is 0 Å². The monoisotopic (exact) mass is 519 g/mol. The first-order chi connectivity index (χ1) is 18.0. The molecular weight excluding hydrogens is 482 g/mol. The van der Waals surface area contributed by atoms with Crippen LogP contribution in [0.5, 0.6) is 0 Å². The van der Waals surface area contributed by atoms with Gasteiger partial charge in [-0.1, -0.05) is 18.2 Å².